The maximum atomic E-state index is 6.14. The van der Waals surface area contributed by atoms with Gasteiger partial charge in [-0.3, -0.25) is 0 Å². The number of hydrogen-bond donors (Lipinski definition) is 3. The minimum Gasteiger partial charge on any atom is -0.481 e. The molecule has 0 fully saturated rings. The maximum Gasteiger partial charge on any atom is 0.153 e. The number of nitrogens with two attached hydrogens (primary N) is 1. The second-order valence-corrected chi connectivity index (χ2v) is 8.64. The summed E-state index contributed by atoms with van der Waals surface area (Å²) in [6, 6.07) is 22.2. The minimum atomic E-state index is -0.199. The highest BCUT2D eigenvalue weighted by atomic mass is 35.5. The number of amidine groups is 1. The van der Waals surface area contributed by atoms with Gasteiger partial charge in [0, 0.05) is 25.7 Å². The Morgan fingerprint density at radius 2 is 1.60 bits per heavy atom. The number of fused-ring (bicyclic) bond motifs is 1. The van der Waals surface area contributed by atoms with Crippen LogP contribution in [0.3, 0.4) is 0 Å². The van der Waals surface area contributed by atoms with Crippen LogP contribution in [-0.4, -0.2) is 18.5 Å². The van der Waals surface area contributed by atoms with Crippen LogP contribution < -0.4 is 21.1 Å². The Kier molecular flexibility index (Phi) is 13.2. The van der Waals surface area contributed by atoms with Gasteiger partial charge in [-0.25, -0.2) is 4.99 Å². The van der Waals surface area contributed by atoms with Gasteiger partial charge in [-0.2, -0.15) is 0 Å². The summed E-state index contributed by atoms with van der Waals surface area (Å²) >= 11 is 12.2. The van der Waals surface area contributed by atoms with Gasteiger partial charge in [0.15, 0.2) is 6.10 Å². The van der Waals surface area contributed by atoms with E-state index in [-0.39, 0.29) is 49.4 Å². The Balaban J connectivity index is 0.00000204. The van der Waals surface area contributed by atoms with Gasteiger partial charge < -0.3 is 21.1 Å². The fourth-order valence-corrected chi connectivity index (χ4v) is 3.91. The van der Waals surface area contributed by atoms with Gasteiger partial charge in [0.05, 0.1) is 10.0 Å². The van der Waals surface area contributed by atoms with E-state index in [1.165, 1.54) is 5.56 Å². The number of halogens is 5. The lowest BCUT2D eigenvalue weighted by Gasteiger charge is -2.23. The molecule has 35 heavy (non-hydrogen) atoms. The molecule has 1 aliphatic rings. The number of nitrogens with zero attached hydrogens (tertiary/aromatic N) is 1. The molecular formula is C25H29Cl5N4O. The molecule has 3 aromatic carbocycles. The average Bonchev–Trinajstić information content (AvgIpc) is 2.80. The molecule has 0 amide bonds. The van der Waals surface area contributed by atoms with Crippen LogP contribution in [0.2, 0.25) is 10.0 Å². The summed E-state index contributed by atoms with van der Waals surface area (Å²) in [5.41, 5.74) is 10.1. The number of benzene rings is 3. The van der Waals surface area contributed by atoms with Crippen LogP contribution in [0.5, 0.6) is 5.75 Å². The zero-order valence-electron chi connectivity index (χ0n) is 19.0. The SMILES string of the molecule is CC1Oc2ccc(CNC(CNCc3ccc(Cl)c(Cl)c3)c3ccccc3)cc2N=C1N.Cl.Cl.Cl. The first kappa shape index (κ1) is 31.3. The Morgan fingerprint density at radius 1 is 0.914 bits per heavy atom. The number of ether oxygens (including phenoxy) is 1. The number of rotatable bonds is 8. The number of aliphatic imine (C=N–C) groups is 1. The Morgan fingerprint density at radius 3 is 2.31 bits per heavy atom. The molecular weight excluding hydrogens is 550 g/mol. The van der Waals surface area contributed by atoms with E-state index in [2.05, 4.69) is 46.0 Å². The predicted octanol–water partition coefficient (Wildman–Crippen LogP) is 6.65. The van der Waals surface area contributed by atoms with Crippen molar-refractivity contribution in [2.75, 3.05) is 6.54 Å². The molecule has 2 atom stereocenters. The van der Waals surface area contributed by atoms with Crippen molar-refractivity contribution in [3.8, 4) is 5.75 Å². The van der Waals surface area contributed by atoms with Gasteiger partial charge in [-0.15, -0.1) is 37.2 Å². The first-order chi connectivity index (χ1) is 15.5. The summed E-state index contributed by atoms with van der Waals surface area (Å²) in [6.07, 6.45) is -0.199. The fraction of sp³-hybridized carbons (Fsp3) is 0.240. The Labute approximate surface area is 235 Å². The molecule has 2 unspecified atom stereocenters. The summed E-state index contributed by atoms with van der Waals surface area (Å²) in [4.78, 5) is 4.48. The lowest BCUT2D eigenvalue weighted by molar-refractivity contribution is 0.281. The van der Waals surface area contributed by atoms with Crippen molar-refractivity contribution >= 4 is 71.9 Å². The smallest absolute Gasteiger partial charge is 0.153 e. The second-order valence-electron chi connectivity index (χ2n) is 7.82. The molecule has 0 radical (unpaired) electrons. The van der Waals surface area contributed by atoms with Crippen LogP contribution in [0.25, 0.3) is 0 Å². The molecule has 190 valence electrons. The van der Waals surface area contributed by atoms with E-state index in [1.54, 1.807) is 0 Å². The third-order valence-electron chi connectivity index (χ3n) is 5.41. The zero-order chi connectivity index (χ0) is 22.5. The van der Waals surface area contributed by atoms with E-state index in [9.17, 15) is 0 Å². The first-order valence-electron chi connectivity index (χ1n) is 10.6. The van der Waals surface area contributed by atoms with Gasteiger partial charge >= 0.3 is 0 Å². The van der Waals surface area contributed by atoms with E-state index in [4.69, 9.17) is 33.7 Å². The normalized spacial score (nSPS) is 14.7. The predicted molar refractivity (Wildman–Crippen MR) is 154 cm³/mol. The van der Waals surface area contributed by atoms with Crippen LogP contribution >= 0.6 is 60.4 Å². The molecule has 3 aromatic rings. The summed E-state index contributed by atoms with van der Waals surface area (Å²) in [5, 5.41) is 8.31. The molecule has 0 aliphatic carbocycles. The van der Waals surface area contributed by atoms with Gasteiger partial charge in [-0.1, -0.05) is 65.7 Å². The van der Waals surface area contributed by atoms with Crippen molar-refractivity contribution < 1.29 is 4.74 Å². The van der Waals surface area contributed by atoms with E-state index < -0.39 is 0 Å². The van der Waals surface area contributed by atoms with Crippen LogP contribution in [0.1, 0.15) is 29.7 Å². The highest BCUT2D eigenvalue weighted by Gasteiger charge is 2.18. The van der Waals surface area contributed by atoms with Crippen molar-refractivity contribution in [1.29, 1.82) is 0 Å². The maximum absolute atomic E-state index is 6.14. The number of hydrogen-bond acceptors (Lipinski definition) is 5. The summed E-state index contributed by atoms with van der Waals surface area (Å²) in [5.74, 6) is 1.26. The molecule has 10 heteroatoms. The highest BCUT2D eigenvalue weighted by Crippen LogP contribution is 2.33. The molecule has 0 saturated carbocycles. The van der Waals surface area contributed by atoms with Crippen LogP contribution in [0, 0.1) is 0 Å². The van der Waals surface area contributed by atoms with Gasteiger partial charge in [-0.05, 0) is 47.9 Å². The fourth-order valence-electron chi connectivity index (χ4n) is 3.59. The van der Waals surface area contributed by atoms with E-state index >= 15 is 0 Å². The van der Waals surface area contributed by atoms with Crippen molar-refractivity contribution in [2.45, 2.75) is 32.2 Å². The molecule has 0 saturated heterocycles. The monoisotopic (exact) mass is 576 g/mol. The third-order valence-corrected chi connectivity index (χ3v) is 6.15. The number of nitrogens with one attached hydrogen (secondary N) is 2. The third kappa shape index (κ3) is 8.43. The molecule has 0 spiro atoms. The van der Waals surface area contributed by atoms with E-state index in [0.29, 0.717) is 29.0 Å². The van der Waals surface area contributed by atoms with Crippen molar-refractivity contribution in [1.82, 2.24) is 10.6 Å². The van der Waals surface area contributed by atoms with Crippen molar-refractivity contribution in [2.24, 2.45) is 10.7 Å². The molecule has 4 rings (SSSR count). The lowest BCUT2D eigenvalue weighted by atomic mass is 10.1. The summed E-state index contributed by atoms with van der Waals surface area (Å²) in [7, 11) is 0. The topological polar surface area (TPSA) is 71.7 Å². The van der Waals surface area contributed by atoms with E-state index in [0.717, 1.165) is 29.1 Å². The average molecular weight is 579 g/mol. The summed E-state index contributed by atoms with van der Waals surface area (Å²) in [6.45, 7) is 4.03. The Bertz CT molecular complexity index is 1110. The zero-order valence-corrected chi connectivity index (χ0v) is 23.0. The van der Waals surface area contributed by atoms with E-state index in [1.807, 2.05) is 43.3 Å². The molecule has 0 bridgehead atoms. The lowest BCUT2D eigenvalue weighted by Crippen LogP contribution is -2.33. The van der Waals surface area contributed by atoms with Gasteiger partial charge in [0.1, 0.15) is 17.3 Å². The first-order valence-corrected chi connectivity index (χ1v) is 11.3. The standard InChI is InChI=1S/C25H26Cl2N4O.3ClH/c1-16-25(28)31-22-12-18(8-10-24(22)32-16)14-30-23(19-5-3-2-4-6-19)15-29-13-17-7-9-20(26)21(27)11-17;;;/h2-12,16,23,29-30H,13-15H2,1H3,(H2,28,31);3*1H. The molecule has 1 aliphatic heterocycles. The van der Waals surface area contributed by atoms with Crippen LogP contribution in [0.4, 0.5) is 5.69 Å². The quantitative estimate of drug-likeness (QED) is 0.280. The minimum absolute atomic E-state index is 0. The van der Waals surface area contributed by atoms with Crippen LogP contribution in [-0.2, 0) is 13.1 Å². The summed E-state index contributed by atoms with van der Waals surface area (Å²) < 4.78 is 5.80. The molecule has 0 aromatic heterocycles. The van der Waals surface area contributed by atoms with Crippen molar-refractivity contribution in [3.63, 3.8) is 0 Å². The highest BCUT2D eigenvalue weighted by molar-refractivity contribution is 6.42. The van der Waals surface area contributed by atoms with Gasteiger partial charge in [0.25, 0.3) is 0 Å². The van der Waals surface area contributed by atoms with Gasteiger partial charge in [0.2, 0.25) is 0 Å². The largest absolute Gasteiger partial charge is 0.481 e. The molecule has 4 N–H and O–H groups in total. The molecule has 1 heterocycles. The second kappa shape index (κ2) is 14.8. The van der Waals surface area contributed by atoms with Crippen LogP contribution in [0.15, 0.2) is 71.7 Å². The Hall–Kier alpha value is -1.70. The molecule has 5 nitrogen and oxygen atoms in total. The van der Waals surface area contributed by atoms with Crippen molar-refractivity contribution in [3.05, 3.63) is 93.5 Å².